The third kappa shape index (κ3) is 5.11. The third-order valence-corrected chi connectivity index (χ3v) is 9.42. The van der Waals surface area contributed by atoms with Crippen LogP contribution in [0.15, 0.2) is 187 Å². The number of benzene rings is 7. The molecule has 0 unspecified atom stereocenters. The minimum atomic E-state index is 0.420. The second kappa shape index (κ2) is 12.3. The number of hydrogen-bond acceptors (Lipinski definition) is 2. The highest BCUT2D eigenvalue weighted by Crippen LogP contribution is 2.39. The van der Waals surface area contributed by atoms with E-state index in [1.54, 1.807) is 0 Å². The number of allylic oxidation sites excluding steroid dienone is 1. The number of fused-ring (bicyclic) bond motifs is 6. The van der Waals surface area contributed by atoms with Gasteiger partial charge in [-0.2, -0.15) is 0 Å². The van der Waals surface area contributed by atoms with Gasteiger partial charge in [-0.15, -0.1) is 0 Å². The van der Waals surface area contributed by atoms with E-state index in [1.807, 2.05) is 73.0 Å². The molecule has 0 radical (unpaired) electrons. The number of hydrogen-bond donors (Lipinski definition) is 1. The summed E-state index contributed by atoms with van der Waals surface area (Å²) in [6.45, 7) is 0. The summed E-state index contributed by atoms with van der Waals surface area (Å²) in [5.41, 5.74) is 10.9. The van der Waals surface area contributed by atoms with E-state index in [0.29, 0.717) is 5.71 Å². The summed E-state index contributed by atoms with van der Waals surface area (Å²) >= 11 is 0. The maximum absolute atomic E-state index is 8.72. The molecule has 50 heavy (non-hydrogen) atoms. The molecule has 0 aliphatic rings. The molecule has 4 heteroatoms. The Balaban J connectivity index is 1.16. The van der Waals surface area contributed by atoms with Crippen LogP contribution < -0.4 is 0 Å². The molecular formula is C46H32N4. The Morgan fingerprint density at radius 1 is 0.440 bits per heavy atom. The smallest absolute Gasteiger partial charge is 0.0723 e. The number of para-hydroxylation sites is 3. The molecule has 0 aliphatic carbocycles. The standard InChI is InChI=1S/C46H32N4/c47-41(33-14-4-1-5-15-33)29-42(34-16-6-2-7-17-34)48-31-32-24-26-36(27-25-32)50-44-23-13-11-21-38(44)40-28-39-37-20-10-12-22-43(37)49(45(39)30-46(40)50)35-18-8-3-9-19-35/h1-31,47H/b42-29-,47-41?,48-31?. The molecule has 2 aromatic heterocycles. The van der Waals surface area contributed by atoms with Gasteiger partial charge in [0.2, 0.25) is 0 Å². The Kier molecular flexibility index (Phi) is 7.25. The molecule has 0 bridgehead atoms. The molecule has 0 saturated heterocycles. The molecule has 4 nitrogen and oxygen atoms in total. The zero-order chi connectivity index (χ0) is 33.4. The van der Waals surface area contributed by atoms with Crippen LogP contribution in [0.1, 0.15) is 16.7 Å². The van der Waals surface area contributed by atoms with Crippen LogP contribution in [-0.2, 0) is 0 Å². The highest BCUT2D eigenvalue weighted by atomic mass is 15.0. The number of nitrogens with zero attached hydrogens (tertiary/aromatic N) is 3. The van der Waals surface area contributed by atoms with E-state index >= 15 is 0 Å². The quantitative estimate of drug-likeness (QED) is 0.169. The first-order valence-corrected chi connectivity index (χ1v) is 16.8. The molecule has 0 fully saturated rings. The lowest BCUT2D eigenvalue weighted by molar-refractivity contribution is 1.16. The topological polar surface area (TPSA) is 46.1 Å². The van der Waals surface area contributed by atoms with E-state index in [-0.39, 0.29) is 0 Å². The van der Waals surface area contributed by atoms with Gasteiger partial charge in [-0.3, -0.25) is 4.99 Å². The van der Waals surface area contributed by atoms with Gasteiger partial charge in [0.1, 0.15) is 0 Å². The minimum absolute atomic E-state index is 0.420. The van der Waals surface area contributed by atoms with Crippen molar-refractivity contribution in [3.63, 3.8) is 0 Å². The average molecular weight is 641 g/mol. The molecule has 9 aromatic rings. The fourth-order valence-electron chi connectivity index (χ4n) is 7.06. The summed E-state index contributed by atoms with van der Waals surface area (Å²) in [4.78, 5) is 4.90. The van der Waals surface area contributed by atoms with Crippen LogP contribution >= 0.6 is 0 Å². The summed E-state index contributed by atoms with van der Waals surface area (Å²) in [7, 11) is 0. The first-order chi connectivity index (χ1) is 24.7. The Bertz CT molecular complexity index is 2730. The number of rotatable bonds is 7. The van der Waals surface area contributed by atoms with Crippen LogP contribution in [0.5, 0.6) is 0 Å². The van der Waals surface area contributed by atoms with Gasteiger partial charge in [0.05, 0.1) is 33.5 Å². The fourth-order valence-corrected chi connectivity index (χ4v) is 7.06. The SMILES string of the molecule is N=C(/C=C(\N=Cc1ccc(-n2c3ccccc3c3cc4c5ccccc5n(-c5ccccc5)c4cc32)cc1)c1ccccc1)c1ccccc1. The van der Waals surface area contributed by atoms with E-state index < -0.39 is 0 Å². The Morgan fingerprint density at radius 2 is 0.920 bits per heavy atom. The molecule has 1 N–H and O–H groups in total. The number of aromatic nitrogens is 2. The van der Waals surface area contributed by atoms with Crippen LogP contribution in [0.2, 0.25) is 0 Å². The molecule has 7 aromatic carbocycles. The summed E-state index contributed by atoms with van der Waals surface area (Å²) < 4.78 is 4.75. The van der Waals surface area contributed by atoms with Gasteiger partial charge in [-0.1, -0.05) is 127 Å². The van der Waals surface area contributed by atoms with Gasteiger partial charge in [-0.25, -0.2) is 0 Å². The lowest BCUT2D eigenvalue weighted by Gasteiger charge is -2.10. The van der Waals surface area contributed by atoms with Crippen molar-refractivity contribution < 1.29 is 0 Å². The van der Waals surface area contributed by atoms with Crippen molar-refractivity contribution in [2.45, 2.75) is 0 Å². The van der Waals surface area contributed by atoms with Crippen molar-refractivity contribution in [3.8, 4) is 11.4 Å². The van der Waals surface area contributed by atoms with Crippen molar-refractivity contribution in [3.05, 3.63) is 199 Å². The third-order valence-electron chi connectivity index (χ3n) is 9.42. The van der Waals surface area contributed by atoms with Crippen molar-refractivity contribution in [2.75, 3.05) is 0 Å². The van der Waals surface area contributed by atoms with Crippen LogP contribution in [-0.4, -0.2) is 21.1 Å². The van der Waals surface area contributed by atoms with Gasteiger partial charge < -0.3 is 14.5 Å². The second-order valence-corrected chi connectivity index (χ2v) is 12.5. The van der Waals surface area contributed by atoms with Gasteiger partial charge in [-0.05, 0) is 65.7 Å². The molecule has 2 heterocycles. The maximum Gasteiger partial charge on any atom is 0.0723 e. The van der Waals surface area contributed by atoms with E-state index in [1.165, 1.54) is 38.1 Å². The lowest BCUT2D eigenvalue weighted by Crippen LogP contribution is -1.97. The maximum atomic E-state index is 8.72. The van der Waals surface area contributed by atoms with Gasteiger partial charge in [0.15, 0.2) is 0 Å². The molecule has 236 valence electrons. The molecule has 0 spiro atoms. The van der Waals surface area contributed by atoms with Crippen molar-refractivity contribution in [1.82, 2.24) is 9.13 Å². The Morgan fingerprint density at radius 3 is 1.50 bits per heavy atom. The van der Waals surface area contributed by atoms with E-state index in [2.05, 4.69) is 124 Å². The zero-order valence-corrected chi connectivity index (χ0v) is 27.2. The van der Waals surface area contributed by atoms with E-state index in [4.69, 9.17) is 10.4 Å². The second-order valence-electron chi connectivity index (χ2n) is 12.5. The average Bonchev–Trinajstić information content (AvgIpc) is 3.68. The Labute approximate surface area is 290 Å². The normalized spacial score (nSPS) is 12.1. The summed E-state index contributed by atoms with van der Waals surface area (Å²) in [5.74, 6) is 0. The number of nitrogens with one attached hydrogen (secondary N) is 1. The monoisotopic (exact) mass is 640 g/mol. The van der Waals surface area contributed by atoms with Crippen LogP contribution in [0.3, 0.4) is 0 Å². The first kappa shape index (κ1) is 29.4. The van der Waals surface area contributed by atoms with Crippen molar-refractivity contribution in [2.24, 2.45) is 4.99 Å². The van der Waals surface area contributed by atoms with Gasteiger partial charge in [0, 0.05) is 44.7 Å². The molecule has 9 rings (SSSR count). The molecule has 0 saturated carbocycles. The molecule has 0 amide bonds. The zero-order valence-electron chi connectivity index (χ0n) is 27.2. The summed E-state index contributed by atoms with van der Waals surface area (Å²) in [5, 5.41) is 13.7. The summed E-state index contributed by atoms with van der Waals surface area (Å²) in [6, 6.07) is 61.1. The first-order valence-electron chi connectivity index (χ1n) is 16.8. The highest BCUT2D eigenvalue weighted by Gasteiger charge is 2.18. The fraction of sp³-hybridized carbons (Fsp3) is 0. The van der Waals surface area contributed by atoms with Crippen LogP contribution in [0, 0.1) is 5.41 Å². The lowest BCUT2D eigenvalue weighted by atomic mass is 10.1. The highest BCUT2D eigenvalue weighted by molar-refractivity contribution is 6.19. The van der Waals surface area contributed by atoms with Crippen LogP contribution in [0.4, 0.5) is 0 Å². The largest absolute Gasteiger partial charge is 0.309 e. The van der Waals surface area contributed by atoms with Gasteiger partial charge in [0.25, 0.3) is 0 Å². The van der Waals surface area contributed by atoms with Gasteiger partial charge >= 0.3 is 0 Å². The predicted molar refractivity (Wildman–Crippen MR) is 210 cm³/mol. The van der Waals surface area contributed by atoms with E-state index in [9.17, 15) is 0 Å². The predicted octanol–water partition coefficient (Wildman–Crippen LogP) is 11.4. The summed E-state index contributed by atoms with van der Waals surface area (Å²) in [6.07, 6.45) is 3.72. The van der Waals surface area contributed by atoms with Crippen molar-refractivity contribution >= 4 is 61.2 Å². The van der Waals surface area contributed by atoms with Crippen molar-refractivity contribution in [1.29, 1.82) is 5.41 Å². The minimum Gasteiger partial charge on any atom is -0.309 e. The molecule has 0 aliphatic heterocycles. The van der Waals surface area contributed by atoms with E-state index in [0.717, 1.165) is 39.3 Å². The molecular weight excluding hydrogens is 609 g/mol. The molecule has 0 atom stereocenters. The number of aliphatic imine (C=N–C) groups is 1. The Hall–Kier alpha value is -6.78. The van der Waals surface area contributed by atoms with Crippen LogP contribution in [0.25, 0.3) is 60.7 Å².